The van der Waals surface area contributed by atoms with Crippen molar-refractivity contribution in [3.63, 3.8) is 0 Å². The third kappa shape index (κ3) is 1.74. The highest BCUT2D eigenvalue weighted by Gasteiger charge is 2.14. The Kier molecular flexibility index (Phi) is 2.65. The van der Waals surface area contributed by atoms with Gasteiger partial charge in [0.1, 0.15) is 5.75 Å². The maximum absolute atomic E-state index is 9.39. The van der Waals surface area contributed by atoms with E-state index in [-0.39, 0.29) is 17.7 Å². The molecule has 3 nitrogen and oxygen atoms in total. The maximum Gasteiger partial charge on any atom is 0.138 e. The first-order valence-electron chi connectivity index (χ1n) is 4.02. The molecular weight excluding hydrogens is 152 g/mol. The van der Waals surface area contributed by atoms with Gasteiger partial charge in [-0.25, -0.2) is 0 Å². The number of aromatic nitrogens is 1. The van der Waals surface area contributed by atoms with Gasteiger partial charge in [0, 0.05) is 6.20 Å². The lowest BCUT2D eigenvalue weighted by Crippen LogP contribution is -2.17. The molecule has 1 heterocycles. The molecule has 3 N–H and O–H groups in total. The Labute approximate surface area is 72.2 Å². The van der Waals surface area contributed by atoms with Gasteiger partial charge in [-0.3, -0.25) is 4.98 Å². The van der Waals surface area contributed by atoms with Crippen LogP contribution in [-0.4, -0.2) is 10.1 Å². The lowest BCUT2D eigenvalue weighted by atomic mass is 10.0. The van der Waals surface area contributed by atoms with E-state index < -0.39 is 0 Å². The van der Waals surface area contributed by atoms with E-state index in [0.717, 1.165) is 0 Å². The van der Waals surface area contributed by atoms with Gasteiger partial charge in [-0.05, 0) is 18.1 Å². The molecule has 0 spiro atoms. The monoisotopic (exact) mass is 166 g/mol. The summed E-state index contributed by atoms with van der Waals surface area (Å²) >= 11 is 0. The van der Waals surface area contributed by atoms with Crippen LogP contribution in [0.5, 0.6) is 5.75 Å². The summed E-state index contributed by atoms with van der Waals surface area (Å²) in [5.74, 6) is 0.462. The van der Waals surface area contributed by atoms with Crippen molar-refractivity contribution in [2.75, 3.05) is 0 Å². The van der Waals surface area contributed by atoms with Gasteiger partial charge in [-0.15, -0.1) is 0 Å². The minimum atomic E-state index is -0.189. The second-order valence-electron chi connectivity index (χ2n) is 3.18. The van der Waals surface area contributed by atoms with Gasteiger partial charge < -0.3 is 10.8 Å². The Morgan fingerprint density at radius 3 is 2.67 bits per heavy atom. The minimum absolute atomic E-state index is 0.179. The molecule has 1 atom stereocenters. The molecule has 12 heavy (non-hydrogen) atoms. The van der Waals surface area contributed by atoms with Crippen LogP contribution >= 0.6 is 0 Å². The fourth-order valence-electron chi connectivity index (χ4n) is 0.982. The molecule has 0 aliphatic carbocycles. The summed E-state index contributed by atoms with van der Waals surface area (Å²) in [5, 5.41) is 9.39. The van der Waals surface area contributed by atoms with Crippen LogP contribution < -0.4 is 5.73 Å². The highest BCUT2D eigenvalue weighted by molar-refractivity contribution is 5.27. The van der Waals surface area contributed by atoms with E-state index in [1.165, 1.54) is 0 Å². The van der Waals surface area contributed by atoms with Gasteiger partial charge in [0.15, 0.2) is 0 Å². The van der Waals surface area contributed by atoms with Crippen LogP contribution in [0.25, 0.3) is 0 Å². The number of nitrogens with two attached hydrogens (primary N) is 1. The van der Waals surface area contributed by atoms with Crippen LogP contribution in [0.4, 0.5) is 0 Å². The Bertz CT molecular complexity index is 260. The second-order valence-corrected chi connectivity index (χ2v) is 3.18. The van der Waals surface area contributed by atoms with E-state index >= 15 is 0 Å². The van der Waals surface area contributed by atoms with Gasteiger partial charge in [-0.1, -0.05) is 13.8 Å². The van der Waals surface area contributed by atoms with Crippen molar-refractivity contribution in [3.05, 3.63) is 24.0 Å². The molecule has 0 amide bonds. The summed E-state index contributed by atoms with van der Waals surface area (Å²) in [5.41, 5.74) is 6.39. The van der Waals surface area contributed by atoms with E-state index in [1.54, 1.807) is 18.3 Å². The van der Waals surface area contributed by atoms with E-state index in [0.29, 0.717) is 5.69 Å². The van der Waals surface area contributed by atoms with Gasteiger partial charge in [-0.2, -0.15) is 0 Å². The molecule has 1 rings (SSSR count). The molecule has 0 unspecified atom stereocenters. The van der Waals surface area contributed by atoms with Gasteiger partial charge in [0.2, 0.25) is 0 Å². The first-order chi connectivity index (χ1) is 5.63. The van der Waals surface area contributed by atoms with Crippen LogP contribution in [0.1, 0.15) is 25.6 Å². The van der Waals surface area contributed by atoms with Crippen LogP contribution in [-0.2, 0) is 0 Å². The largest absolute Gasteiger partial charge is 0.506 e. The lowest BCUT2D eigenvalue weighted by molar-refractivity contribution is 0.431. The van der Waals surface area contributed by atoms with E-state index in [4.69, 9.17) is 5.73 Å². The third-order valence-corrected chi connectivity index (χ3v) is 1.85. The topological polar surface area (TPSA) is 59.1 Å². The van der Waals surface area contributed by atoms with E-state index in [9.17, 15) is 5.11 Å². The summed E-state index contributed by atoms with van der Waals surface area (Å²) in [4.78, 5) is 4.02. The smallest absolute Gasteiger partial charge is 0.138 e. The van der Waals surface area contributed by atoms with Crippen molar-refractivity contribution in [3.8, 4) is 5.75 Å². The van der Waals surface area contributed by atoms with Crippen LogP contribution in [0.2, 0.25) is 0 Å². The van der Waals surface area contributed by atoms with Gasteiger partial charge >= 0.3 is 0 Å². The highest BCUT2D eigenvalue weighted by atomic mass is 16.3. The predicted octanol–water partition coefficient (Wildman–Crippen LogP) is 1.44. The van der Waals surface area contributed by atoms with Crippen LogP contribution in [0.15, 0.2) is 18.3 Å². The molecule has 0 aliphatic heterocycles. The zero-order valence-electron chi connectivity index (χ0n) is 7.36. The molecule has 0 saturated carbocycles. The number of hydrogen-bond donors (Lipinski definition) is 2. The first kappa shape index (κ1) is 9.00. The number of rotatable bonds is 2. The summed E-state index contributed by atoms with van der Waals surface area (Å²) in [7, 11) is 0. The van der Waals surface area contributed by atoms with E-state index in [1.807, 2.05) is 13.8 Å². The molecule has 66 valence electrons. The van der Waals surface area contributed by atoms with Crippen molar-refractivity contribution in [1.82, 2.24) is 4.98 Å². The average molecular weight is 166 g/mol. The van der Waals surface area contributed by atoms with Gasteiger partial charge in [0.25, 0.3) is 0 Å². The number of nitrogens with zero attached hydrogens (tertiary/aromatic N) is 1. The van der Waals surface area contributed by atoms with Crippen LogP contribution in [0.3, 0.4) is 0 Å². The molecule has 0 aliphatic rings. The Morgan fingerprint density at radius 1 is 1.50 bits per heavy atom. The molecule has 0 aromatic carbocycles. The number of pyridine rings is 1. The summed E-state index contributed by atoms with van der Waals surface area (Å²) in [6.07, 6.45) is 1.64. The first-order valence-corrected chi connectivity index (χ1v) is 4.02. The number of hydrogen-bond acceptors (Lipinski definition) is 3. The standard InChI is InChI=1S/C9H14N2O/c1-6(2)8(10)9-7(12)4-3-5-11-9/h3-6,8,12H,10H2,1-2H3/t8-/m1/s1. The molecule has 0 saturated heterocycles. The molecular formula is C9H14N2O. The summed E-state index contributed by atoms with van der Waals surface area (Å²) < 4.78 is 0. The summed E-state index contributed by atoms with van der Waals surface area (Å²) in [6.45, 7) is 4.00. The quantitative estimate of drug-likeness (QED) is 0.699. The van der Waals surface area contributed by atoms with E-state index in [2.05, 4.69) is 4.98 Å². The molecule has 0 bridgehead atoms. The molecule has 1 aromatic heterocycles. The fourth-order valence-corrected chi connectivity index (χ4v) is 0.982. The molecule has 0 radical (unpaired) electrons. The van der Waals surface area contributed by atoms with Gasteiger partial charge in [0.05, 0.1) is 11.7 Å². The van der Waals surface area contributed by atoms with Crippen molar-refractivity contribution in [2.45, 2.75) is 19.9 Å². The Morgan fingerprint density at radius 2 is 2.17 bits per heavy atom. The zero-order chi connectivity index (χ0) is 9.14. The Hall–Kier alpha value is -1.09. The lowest BCUT2D eigenvalue weighted by Gasteiger charge is -2.15. The van der Waals surface area contributed by atoms with Crippen molar-refractivity contribution >= 4 is 0 Å². The fraction of sp³-hybridized carbons (Fsp3) is 0.444. The number of aromatic hydroxyl groups is 1. The van der Waals surface area contributed by atoms with Crippen molar-refractivity contribution in [2.24, 2.45) is 11.7 Å². The predicted molar refractivity (Wildman–Crippen MR) is 47.7 cm³/mol. The molecule has 3 heteroatoms. The average Bonchev–Trinajstić information content (AvgIpc) is 2.04. The molecule has 0 fully saturated rings. The zero-order valence-corrected chi connectivity index (χ0v) is 7.36. The van der Waals surface area contributed by atoms with Crippen molar-refractivity contribution in [1.29, 1.82) is 0 Å². The second kappa shape index (κ2) is 3.54. The third-order valence-electron chi connectivity index (χ3n) is 1.85. The Balaban J connectivity index is 2.94. The van der Waals surface area contributed by atoms with Crippen LogP contribution in [0, 0.1) is 5.92 Å². The minimum Gasteiger partial charge on any atom is -0.506 e. The summed E-state index contributed by atoms with van der Waals surface area (Å²) in [6, 6.07) is 3.10. The maximum atomic E-state index is 9.39. The highest BCUT2D eigenvalue weighted by Crippen LogP contribution is 2.24. The normalized spacial score (nSPS) is 13.3. The van der Waals surface area contributed by atoms with Crippen molar-refractivity contribution < 1.29 is 5.11 Å². The molecule has 1 aromatic rings. The SMILES string of the molecule is CC(C)[C@@H](N)c1ncccc1O.